The number of carboxylic acid groups (broad SMARTS) is 2. The lowest BCUT2D eigenvalue weighted by Gasteiger charge is -2.12. The first-order valence-corrected chi connectivity index (χ1v) is 11.1. The van der Waals surface area contributed by atoms with E-state index >= 15 is 0 Å². The number of benzene rings is 1. The molecule has 0 saturated carbocycles. The minimum absolute atomic E-state index is 0.0357. The fraction of sp³-hybridized carbons (Fsp3) is 0.667. The normalized spacial score (nSPS) is 10.9. The topological polar surface area (TPSA) is 74.6 Å². The van der Waals surface area contributed by atoms with Gasteiger partial charge in [0.05, 0.1) is 11.1 Å². The number of unbranched alkanes of at least 4 members (excludes halogenated alkanes) is 12. The molecule has 1 aromatic carbocycles. The molecule has 0 heterocycles. The van der Waals surface area contributed by atoms with Gasteiger partial charge in [0.1, 0.15) is 0 Å². The molecule has 1 rings (SSSR count). The molecule has 0 fully saturated rings. The maximum atomic E-state index is 11.6. The molecule has 0 amide bonds. The van der Waals surface area contributed by atoms with Gasteiger partial charge in [-0.15, -0.1) is 0 Å². The van der Waals surface area contributed by atoms with Gasteiger partial charge in [-0.1, -0.05) is 90.0 Å². The molecule has 0 unspecified atom stereocenters. The third kappa shape index (κ3) is 8.90. The van der Waals surface area contributed by atoms with Gasteiger partial charge in [0.15, 0.2) is 0 Å². The van der Waals surface area contributed by atoms with E-state index in [1.807, 2.05) is 6.92 Å². The van der Waals surface area contributed by atoms with E-state index in [9.17, 15) is 19.8 Å². The van der Waals surface area contributed by atoms with Crippen LogP contribution in [0.4, 0.5) is 0 Å². The molecule has 0 spiro atoms. The van der Waals surface area contributed by atoms with E-state index in [4.69, 9.17) is 0 Å². The Kier molecular flexibility index (Phi) is 12.3. The SMILES string of the molecule is CCCCCCCCCCCCCCCc1c(C)ccc(C(=O)O)c1C(=O)O. The largest absolute Gasteiger partial charge is 0.478 e. The Morgan fingerprint density at radius 1 is 0.714 bits per heavy atom. The van der Waals surface area contributed by atoms with Crippen molar-refractivity contribution in [1.29, 1.82) is 0 Å². The second-order valence-corrected chi connectivity index (χ2v) is 7.89. The lowest BCUT2D eigenvalue weighted by Crippen LogP contribution is -2.13. The number of carboxylic acids is 2. The molecular formula is C24H38O4. The minimum Gasteiger partial charge on any atom is -0.478 e. The summed E-state index contributed by atoms with van der Waals surface area (Å²) in [5, 5.41) is 18.7. The van der Waals surface area contributed by atoms with Crippen molar-refractivity contribution in [2.24, 2.45) is 0 Å². The standard InChI is InChI=1S/C24H38O4/c1-3-4-5-6-7-8-9-10-11-12-13-14-15-16-20-19(2)17-18-21(23(25)26)22(20)24(27)28/h17-18H,3-16H2,1-2H3,(H,25,26)(H,27,28). The van der Waals surface area contributed by atoms with Crippen molar-refractivity contribution in [2.45, 2.75) is 104 Å². The molecule has 158 valence electrons. The number of carbonyl (C=O) groups is 2. The van der Waals surface area contributed by atoms with E-state index < -0.39 is 11.9 Å². The third-order valence-electron chi connectivity index (χ3n) is 5.52. The van der Waals surface area contributed by atoms with Gasteiger partial charge in [-0.25, -0.2) is 9.59 Å². The van der Waals surface area contributed by atoms with Crippen molar-refractivity contribution < 1.29 is 19.8 Å². The smallest absolute Gasteiger partial charge is 0.336 e. The Bertz CT molecular complexity index is 607. The fourth-order valence-electron chi connectivity index (χ4n) is 3.82. The lowest BCUT2D eigenvalue weighted by molar-refractivity contribution is 0.0650. The number of hydrogen-bond acceptors (Lipinski definition) is 2. The van der Waals surface area contributed by atoms with Crippen molar-refractivity contribution in [3.05, 3.63) is 34.4 Å². The fourth-order valence-corrected chi connectivity index (χ4v) is 3.82. The molecule has 0 atom stereocenters. The van der Waals surface area contributed by atoms with Gasteiger partial charge in [-0.3, -0.25) is 0 Å². The summed E-state index contributed by atoms with van der Waals surface area (Å²) in [4.78, 5) is 22.9. The van der Waals surface area contributed by atoms with Crippen LogP contribution in [0.3, 0.4) is 0 Å². The molecule has 0 bridgehead atoms. The predicted molar refractivity (Wildman–Crippen MR) is 114 cm³/mol. The van der Waals surface area contributed by atoms with E-state index in [2.05, 4.69) is 6.92 Å². The molecule has 1 aromatic rings. The molecule has 0 aliphatic heterocycles. The second kappa shape index (κ2) is 14.2. The summed E-state index contributed by atoms with van der Waals surface area (Å²) in [7, 11) is 0. The van der Waals surface area contributed by atoms with Crippen LogP contribution in [0.25, 0.3) is 0 Å². The van der Waals surface area contributed by atoms with Gasteiger partial charge in [0.25, 0.3) is 0 Å². The summed E-state index contributed by atoms with van der Waals surface area (Å²) in [6.07, 6.45) is 17.1. The van der Waals surface area contributed by atoms with Crippen molar-refractivity contribution in [1.82, 2.24) is 0 Å². The Hall–Kier alpha value is -1.84. The lowest BCUT2D eigenvalue weighted by atomic mass is 9.92. The zero-order valence-corrected chi connectivity index (χ0v) is 17.8. The van der Waals surface area contributed by atoms with Crippen molar-refractivity contribution in [2.75, 3.05) is 0 Å². The summed E-state index contributed by atoms with van der Waals surface area (Å²) in [6, 6.07) is 3.11. The van der Waals surface area contributed by atoms with Crippen LogP contribution in [0.2, 0.25) is 0 Å². The van der Waals surface area contributed by atoms with E-state index in [1.54, 1.807) is 6.07 Å². The van der Waals surface area contributed by atoms with Crippen molar-refractivity contribution >= 4 is 11.9 Å². The molecule has 0 aliphatic rings. The van der Waals surface area contributed by atoms with Crippen LogP contribution in [0.5, 0.6) is 0 Å². The van der Waals surface area contributed by atoms with E-state index in [0.29, 0.717) is 12.0 Å². The van der Waals surface area contributed by atoms with Crippen LogP contribution >= 0.6 is 0 Å². The first kappa shape index (κ1) is 24.2. The van der Waals surface area contributed by atoms with Gasteiger partial charge in [0, 0.05) is 0 Å². The van der Waals surface area contributed by atoms with E-state index in [0.717, 1.165) is 24.8 Å². The third-order valence-corrected chi connectivity index (χ3v) is 5.52. The maximum Gasteiger partial charge on any atom is 0.336 e. The highest BCUT2D eigenvalue weighted by Crippen LogP contribution is 2.22. The molecule has 0 aliphatic carbocycles. The van der Waals surface area contributed by atoms with E-state index in [-0.39, 0.29) is 11.1 Å². The van der Waals surface area contributed by atoms with Gasteiger partial charge in [0.2, 0.25) is 0 Å². The van der Waals surface area contributed by atoms with Crippen molar-refractivity contribution in [3.8, 4) is 0 Å². The summed E-state index contributed by atoms with van der Waals surface area (Å²) >= 11 is 0. The Labute approximate surface area is 170 Å². The first-order chi connectivity index (χ1) is 13.5. The Morgan fingerprint density at radius 3 is 1.61 bits per heavy atom. The quantitative estimate of drug-likeness (QED) is 0.297. The highest BCUT2D eigenvalue weighted by Gasteiger charge is 2.21. The average molecular weight is 391 g/mol. The summed E-state index contributed by atoms with van der Waals surface area (Å²) in [5.74, 6) is -2.32. The molecule has 28 heavy (non-hydrogen) atoms. The Balaban J connectivity index is 2.24. The highest BCUT2D eigenvalue weighted by atomic mass is 16.4. The Morgan fingerprint density at radius 2 is 1.18 bits per heavy atom. The monoisotopic (exact) mass is 390 g/mol. The van der Waals surface area contributed by atoms with Gasteiger partial charge in [-0.05, 0) is 37.0 Å². The summed E-state index contributed by atoms with van der Waals surface area (Å²) < 4.78 is 0. The van der Waals surface area contributed by atoms with Crippen LogP contribution in [0, 0.1) is 6.92 Å². The first-order valence-electron chi connectivity index (χ1n) is 11.1. The molecule has 4 heteroatoms. The summed E-state index contributed by atoms with van der Waals surface area (Å²) in [6.45, 7) is 4.11. The predicted octanol–water partition coefficient (Wildman–Crippen LogP) is 7.03. The number of aryl methyl sites for hydroxylation is 1. The number of aromatic carboxylic acids is 2. The molecule has 0 radical (unpaired) electrons. The molecule has 0 aromatic heterocycles. The van der Waals surface area contributed by atoms with Crippen LogP contribution in [-0.2, 0) is 6.42 Å². The van der Waals surface area contributed by atoms with Gasteiger partial charge < -0.3 is 10.2 Å². The van der Waals surface area contributed by atoms with E-state index in [1.165, 1.54) is 70.3 Å². The van der Waals surface area contributed by atoms with Crippen LogP contribution in [-0.4, -0.2) is 22.2 Å². The highest BCUT2D eigenvalue weighted by molar-refractivity contribution is 6.03. The molecule has 4 nitrogen and oxygen atoms in total. The van der Waals surface area contributed by atoms with Gasteiger partial charge >= 0.3 is 11.9 Å². The zero-order chi connectivity index (χ0) is 20.8. The van der Waals surface area contributed by atoms with Gasteiger partial charge in [-0.2, -0.15) is 0 Å². The molecular weight excluding hydrogens is 352 g/mol. The average Bonchev–Trinajstić information content (AvgIpc) is 2.65. The number of rotatable bonds is 16. The molecule has 2 N–H and O–H groups in total. The van der Waals surface area contributed by atoms with Crippen LogP contribution in [0.15, 0.2) is 12.1 Å². The maximum absolute atomic E-state index is 11.6. The minimum atomic E-state index is -1.18. The second-order valence-electron chi connectivity index (χ2n) is 7.89. The van der Waals surface area contributed by atoms with Crippen LogP contribution < -0.4 is 0 Å². The van der Waals surface area contributed by atoms with Crippen molar-refractivity contribution in [3.63, 3.8) is 0 Å². The van der Waals surface area contributed by atoms with Crippen LogP contribution in [0.1, 0.15) is 122 Å². The zero-order valence-electron chi connectivity index (χ0n) is 17.8. The summed E-state index contributed by atoms with van der Waals surface area (Å²) in [5.41, 5.74) is 1.39. The number of hydrogen-bond donors (Lipinski definition) is 2. The molecule has 0 saturated heterocycles.